The van der Waals surface area contributed by atoms with Crippen molar-refractivity contribution < 1.29 is 29.0 Å². The third-order valence-electron chi connectivity index (χ3n) is 4.07. The number of aromatic carboxylic acids is 1. The lowest BCUT2D eigenvalue weighted by molar-refractivity contribution is -0.135. The molecule has 0 radical (unpaired) electrons. The molecule has 1 aliphatic heterocycles. The normalized spacial score (nSPS) is 15.7. The monoisotopic (exact) mass is 357 g/mol. The molecule has 1 aromatic carbocycles. The average Bonchev–Trinajstić information content (AvgIpc) is 2.61. The molecule has 3 rings (SSSR count). The third-order valence-corrected chi connectivity index (χ3v) is 4.07. The van der Waals surface area contributed by atoms with Gasteiger partial charge in [0.2, 0.25) is 0 Å². The Kier molecular flexibility index (Phi) is 4.57. The van der Waals surface area contributed by atoms with Gasteiger partial charge in [0.25, 0.3) is 5.56 Å². The van der Waals surface area contributed by atoms with Crippen molar-refractivity contribution in [3.63, 3.8) is 0 Å². The van der Waals surface area contributed by atoms with Gasteiger partial charge in [-0.15, -0.1) is 0 Å². The summed E-state index contributed by atoms with van der Waals surface area (Å²) in [6.45, 7) is 1.76. The maximum absolute atomic E-state index is 12.4. The molecule has 8 heteroatoms. The van der Waals surface area contributed by atoms with E-state index in [2.05, 4.69) is 4.98 Å². The summed E-state index contributed by atoms with van der Waals surface area (Å²) in [6.07, 6.45) is 1.05. The Balaban J connectivity index is 2.13. The molecule has 1 aliphatic rings. The molecule has 0 aliphatic carbocycles. The lowest BCUT2D eigenvalue weighted by Crippen LogP contribution is -2.30. The van der Waals surface area contributed by atoms with Gasteiger partial charge in [-0.2, -0.15) is 0 Å². The number of carbonyl (C=O) groups excluding carboxylic acids is 2. The van der Waals surface area contributed by atoms with Gasteiger partial charge in [-0.25, -0.2) is 9.59 Å². The van der Waals surface area contributed by atoms with Gasteiger partial charge in [-0.1, -0.05) is 12.1 Å². The Morgan fingerprint density at radius 2 is 1.96 bits per heavy atom. The highest BCUT2D eigenvalue weighted by Gasteiger charge is 2.34. The molecule has 0 saturated heterocycles. The van der Waals surface area contributed by atoms with E-state index < -0.39 is 29.4 Å². The molecule has 0 spiro atoms. The second kappa shape index (κ2) is 6.83. The minimum Gasteiger partial charge on any atom is -0.478 e. The molecule has 26 heavy (non-hydrogen) atoms. The molecular formula is C18H15NO7. The number of pyridine rings is 1. The molecule has 2 N–H and O–H groups in total. The zero-order valence-corrected chi connectivity index (χ0v) is 13.8. The highest BCUT2D eigenvalue weighted by Crippen LogP contribution is 2.38. The van der Waals surface area contributed by atoms with E-state index >= 15 is 0 Å². The van der Waals surface area contributed by atoms with Gasteiger partial charge >= 0.3 is 17.9 Å². The first-order valence-corrected chi connectivity index (χ1v) is 7.89. The number of H-pyrrole nitrogens is 1. The van der Waals surface area contributed by atoms with Crippen molar-refractivity contribution in [2.75, 3.05) is 6.61 Å². The van der Waals surface area contributed by atoms with Crippen LogP contribution in [0.1, 0.15) is 51.1 Å². The molecule has 0 bridgehead atoms. The molecule has 1 aromatic heterocycles. The first-order valence-electron chi connectivity index (χ1n) is 7.89. The SMILES string of the molecule is CCOC(=O)c1c[nH]c(=O)c2c1OC(=O)C[C@H]2c1ccc(C(=O)O)cc1. The van der Waals surface area contributed by atoms with E-state index in [-0.39, 0.29) is 35.5 Å². The summed E-state index contributed by atoms with van der Waals surface area (Å²) in [5.74, 6) is -3.17. The van der Waals surface area contributed by atoms with Crippen molar-refractivity contribution in [2.45, 2.75) is 19.3 Å². The number of rotatable bonds is 4. The fraction of sp³-hybridized carbons (Fsp3) is 0.222. The van der Waals surface area contributed by atoms with Crippen LogP contribution in [0, 0.1) is 0 Å². The van der Waals surface area contributed by atoms with Crippen LogP contribution in [0.2, 0.25) is 0 Å². The number of hydrogen-bond acceptors (Lipinski definition) is 6. The van der Waals surface area contributed by atoms with Gasteiger partial charge in [-0.3, -0.25) is 9.59 Å². The zero-order chi connectivity index (χ0) is 18.8. The number of ether oxygens (including phenoxy) is 2. The number of benzene rings is 1. The standard InChI is InChI=1S/C18H15NO7/c1-2-25-18(24)12-8-19-16(21)14-11(7-13(20)26-15(12)14)9-3-5-10(6-4-9)17(22)23/h3-6,8,11H,2,7H2,1H3,(H,19,21)(H,22,23)/t11-/m0/s1. The highest BCUT2D eigenvalue weighted by atomic mass is 16.5. The van der Waals surface area contributed by atoms with Gasteiger partial charge in [0.15, 0.2) is 5.75 Å². The summed E-state index contributed by atoms with van der Waals surface area (Å²) in [4.78, 5) is 50.0. The molecule has 2 heterocycles. The number of nitrogens with one attached hydrogen (secondary N) is 1. The van der Waals surface area contributed by atoms with E-state index in [1.165, 1.54) is 24.3 Å². The molecule has 134 valence electrons. The lowest BCUT2D eigenvalue weighted by Gasteiger charge is -2.25. The molecule has 2 aromatic rings. The summed E-state index contributed by atoms with van der Waals surface area (Å²) in [6, 6.07) is 5.85. The van der Waals surface area contributed by atoms with Crippen LogP contribution in [-0.2, 0) is 9.53 Å². The Labute approximate surface area is 147 Å². The van der Waals surface area contributed by atoms with Crippen molar-refractivity contribution in [3.8, 4) is 5.75 Å². The van der Waals surface area contributed by atoms with Gasteiger partial charge in [0, 0.05) is 12.1 Å². The fourth-order valence-corrected chi connectivity index (χ4v) is 2.88. The number of carboxylic acids is 1. The maximum atomic E-state index is 12.4. The summed E-state index contributed by atoms with van der Waals surface area (Å²) in [5.41, 5.74) is 0.258. The second-order valence-corrected chi connectivity index (χ2v) is 5.65. The second-order valence-electron chi connectivity index (χ2n) is 5.65. The van der Waals surface area contributed by atoms with Crippen LogP contribution in [0.3, 0.4) is 0 Å². The smallest absolute Gasteiger partial charge is 0.343 e. The lowest BCUT2D eigenvalue weighted by atomic mass is 9.86. The topological polar surface area (TPSA) is 123 Å². The molecule has 0 unspecified atom stereocenters. The number of carbonyl (C=O) groups is 3. The van der Waals surface area contributed by atoms with Gasteiger partial charge in [0.05, 0.1) is 24.2 Å². The number of aromatic amines is 1. The van der Waals surface area contributed by atoms with Crippen molar-refractivity contribution in [2.24, 2.45) is 0 Å². The molecule has 0 amide bonds. The predicted molar refractivity (Wildman–Crippen MR) is 88.5 cm³/mol. The van der Waals surface area contributed by atoms with Crippen LogP contribution in [0.5, 0.6) is 5.75 Å². The van der Waals surface area contributed by atoms with Crippen molar-refractivity contribution >= 4 is 17.9 Å². The highest BCUT2D eigenvalue weighted by molar-refractivity contribution is 5.94. The molecule has 8 nitrogen and oxygen atoms in total. The Hall–Kier alpha value is -3.42. The van der Waals surface area contributed by atoms with Crippen molar-refractivity contribution in [1.82, 2.24) is 4.98 Å². The van der Waals surface area contributed by atoms with Crippen molar-refractivity contribution in [3.05, 3.63) is 63.1 Å². The minimum atomic E-state index is -1.08. The average molecular weight is 357 g/mol. The van der Waals surface area contributed by atoms with Crippen LogP contribution in [0.25, 0.3) is 0 Å². The van der Waals surface area contributed by atoms with E-state index in [1.807, 2.05) is 0 Å². The predicted octanol–water partition coefficient (Wildman–Crippen LogP) is 1.69. The number of fused-ring (bicyclic) bond motifs is 1. The number of aromatic nitrogens is 1. The van der Waals surface area contributed by atoms with Crippen LogP contribution in [0.15, 0.2) is 35.3 Å². The zero-order valence-electron chi connectivity index (χ0n) is 13.8. The first kappa shape index (κ1) is 17.4. The largest absolute Gasteiger partial charge is 0.478 e. The van der Waals surface area contributed by atoms with Gasteiger partial charge in [-0.05, 0) is 24.6 Å². The van der Waals surface area contributed by atoms with Crippen molar-refractivity contribution in [1.29, 1.82) is 0 Å². The van der Waals surface area contributed by atoms with Gasteiger partial charge < -0.3 is 19.6 Å². The Morgan fingerprint density at radius 3 is 2.58 bits per heavy atom. The van der Waals surface area contributed by atoms with E-state index in [0.29, 0.717) is 5.56 Å². The van der Waals surface area contributed by atoms with Crippen LogP contribution >= 0.6 is 0 Å². The summed E-state index contributed by atoms with van der Waals surface area (Å²) in [5, 5.41) is 9.00. The minimum absolute atomic E-state index is 0.0401. The molecule has 0 fully saturated rings. The maximum Gasteiger partial charge on any atom is 0.343 e. The molecule has 0 saturated carbocycles. The Morgan fingerprint density at radius 1 is 1.27 bits per heavy atom. The van der Waals surface area contributed by atoms with E-state index in [1.54, 1.807) is 6.92 Å². The quantitative estimate of drug-likeness (QED) is 0.798. The molecule has 1 atom stereocenters. The number of hydrogen-bond donors (Lipinski definition) is 2. The number of carboxylic acid groups (broad SMARTS) is 1. The Bertz CT molecular complexity index is 943. The summed E-state index contributed by atoms with van der Waals surface area (Å²) in [7, 11) is 0. The van der Waals surface area contributed by atoms with Crippen LogP contribution < -0.4 is 10.3 Å². The first-order chi connectivity index (χ1) is 12.4. The number of esters is 2. The van der Waals surface area contributed by atoms with Crippen LogP contribution in [0.4, 0.5) is 0 Å². The van der Waals surface area contributed by atoms with Crippen LogP contribution in [-0.4, -0.2) is 34.6 Å². The van der Waals surface area contributed by atoms with E-state index in [4.69, 9.17) is 14.6 Å². The molecular weight excluding hydrogens is 342 g/mol. The van der Waals surface area contributed by atoms with Gasteiger partial charge in [0.1, 0.15) is 5.56 Å². The summed E-state index contributed by atoms with van der Waals surface area (Å²) < 4.78 is 10.1. The van der Waals surface area contributed by atoms with E-state index in [9.17, 15) is 19.2 Å². The third kappa shape index (κ3) is 3.08. The summed E-state index contributed by atoms with van der Waals surface area (Å²) >= 11 is 0. The fourth-order valence-electron chi connectivity index (χ4n) is 2.88. The van der Waals surface area contributed by atoms with E-state index in [0.717, 1.165) is 6.20 Å².